The van der Waals surface area contributed by atoms with E-state index < -0.39 is 0 Å². The van der Waals surface area contributed by atoms with Crippen molar-refractivity contribution >= 4 is 44.2 Å². The van der Waals surface area contributed by atoms with Gasteiger partial charge in [-0.1, -0.05) is 54.6 Å². The van der Waals surface area contributed by atoms with Crippen molar-refractivity contribution in [2.75, 3.05) is 6.61 Å². The topological polar surface area (TPSA) is 43.6 Å². The van der Waals surface area contributed by atoms with Gasteiger partial charge in [0.2, 0.25) is 0 Å². The minimum absolute atomic E-state index is 0.0180. The summed E-state index contributed by atoms with van der Waals surface area (Å²) in [6, 6.07) is 25.7. The summed E-state index contributed by atoms with van der Waals surface area (Å²) < 4.78 is 7.75. The average molecular weight is 402 g/mol. The summed E-state index contributed by atoms with van der Waals surface area (Å²) >= 11 is 0. The van der Waals surface area contributed by atoms with Crippen molar-refractivity contribution in [1.82, 2.24) is 9.38 Å². The predicted molar refractivity (Wildman–Crippen MR) is 126 cm³/mol. The molecule has 4 nitrogen and oxygen atoms in total. The number of fused-ring (bicyclic) bond motifs is 5. The second kappa shape index (κ2) is 6.96. The van der Waals surface area contributed by atoms with E-state index in [4.69, 9.17) is 4.74 Å². The summed E-state index contributed by atoms with van der Waals surface area (Å²) in [5, 5.41) is 3.56. The van der Waals surface area contributed by atoms with E-state index in [9.17, 15) is 4.79 Å². The van der Waals surface area contributed by atoms with E-state index in [1.807, 2.05) is 85.1 Å². The van der Waals surface area contributed by atoms with Crippen molar-refractivity contribution in [2.45, 2.75) is 0 Å². The molecule has 0 amide bonds. The summed E-state index contributed by atoms with van der Waals surface area (Å²) in [4.78, 5) is 17.9. The van der Waals surface area contributed by atoms with Gasteiger partial charge in [0, 0.05) is 27.7 Å². The van der Waals surface area contributed by atoms with Crippen LogP contribution < -0.4 is 10.3 Å². The normalized spacial score (nSPS) is 12.0. The zero-order valence-electron chi connectivity index (χ0n) is 16.7. The van der Waals surface area contributed by atoms with E-state index in [-0.39, 0.29) is 5.56 Å². The predicted octanol–water partition coefficient (Wildman–Crippen LogP) is 5.68. The third-order valence-electron chi connectivity index (χ3n) is 5.72. The molecule has 148 valence electrons. The van der Waals surface area contributed by atoms with Crippen molar-refractivity contribution in [3.05, 3.63) is 107 Å². The summed E-state index contributed by atoms with van der Waals surface area (Å²) in [6.07, 6.45) is 5.85. The molecule has 0 saturated carbocycles. The second-order valence-corrected chi connectivity index (χ2v) is 7.54. The van der Waals surface area contributed by atoms with Gasteiger partial charge in [-0.15, -0.1) is 0 Å². The lowest BCUT2D eigenvalue weighted by Gasteiger charge is -2.05. The Bertz CT molecular complexity index is 1650. The fourth-order valence-electron chi connectivity index (χ4n) is 4.33. The van der Waals surface area contributed by atoms with Crippen LogP contribution in [0.2, 0.25) is 0 Å². The van der Waals surface area contributed by atoms with Crippen molar-refractivity contribution in [3.8, 4) is 5.75 Å². The Hall–Kier alpha value is -4.18. The quantitative estimate of drug-likeness (QED) is 0.356. The van der Waals surface area contributed by atoms with E-state index in [1.165, 1.54) is 0 Å². The number of pyridine rings is 2. The van der Waals surface area contributed by atoms with Crippen molar-refractivity contribution < 1.29 is 4.74 Å². The van der Waals surface area contributed by atoms with Crippen LogP contribution in [0.3, 0.4) is 0 Å². The fourth-order valence-corrected chi connectivity index (χ4v) is 4.33. The molecule has 0 N–H and O–H groups in total. The monoisotopic (exact) mass is 402 g/mol. The average Bonchev–Trinajstić information content (AvgIpc) is 3.16. The minimum Gasteiger partial charge on any atom is -0.490 e. The number of hydrogen-bond donors (Lipinski definition) is 0. The van der Waals surface area contributed by atoms with Crippen LogP contribution in [0.5, 0.6) is 5.75 Å². The first-order chi connectivity index (χ1) is 15.3. The van der Waals surface area contributed by atoms with Gasteiger partial charge in [0.05, 0.1) is 16.6 Å². The van der Waals surface area contributed by atoms with Crippen LogP contribution in [0, 0.1) is 0 Å². The Labute approximate surface area is 178 Å². The molecule has 0 aliphatic rings. The Morgan fingerprint density at radius 1 is 0.839 bits per heavy atom. The number of ether oxygens (including phenoxy) is 1. The first-order valence-electron chi connectivity index (χ1n) is 10.2. The highest BCUT2D eigenvalue weighted by molar-refractivity contribution is 6.18. The van der Waals surface area contributed by atoms with E-state index in [1.54, 1.807) is 4.40 Å². The summed E-state index contributed by atoms with van der Waals surface area (Å²) in [7, 11) is 0. The van der Waals surface area contributed by atoms with Crippen molar-refractivity contribution in [1.29, 1.82) is 0 Å². The molecule has 0 spiro atoms. The fraction of sp³-hybridized carbons (Fsp3) is 0.0370. The zero-order chi connectivity index (χ0) is 20.8. The Kier molecular flexibility index (Phi) is 3.96. The van der Waals surface area contributed by atoms with Gasteiger partial charge in [-0.25, -0.2) is 0 Å². The molecule has 3 heterocycles. The van der Waals surface area contributed by atoms with Crippen LogP contribution in [0.1, 0.15) is 5.56 Å². The van der Waals surface area contributed by atoms with Gasteiger partial charge in [0.25, 0.3) is 5.56 Å². The van der Waals surface area contributed by atoms with Crippen LogP contribution >= 0.6 is 0 Å². The van der Waals surface area contributed by atoms with Gasteiger partial charge in [-0.3, -0.25) is 14.2 Å². The van der Waals surface area contributed by atoms with Gasteiger partial charge in [0.1, 0.15) is 12.4 Å². The van der Waals surface area contributed by atoms with E-state index in [0.29, 0.717) is 12.0 Å². The van der Waals surface area contributed by atoms with Gasteiger partial charge >= 0.3 is 0 Å². The smallest absolute Gasteiger partial charge is 0.263 e. The Morgan fingerprint density at radius 2 is 1.65 bits per heavy atom. The maximum absolute atomic E-state index is 13.3. The lowest BCUT2D eigenvalue weighted by atomic mass is 10.1. The third kappa shape index (κ3) is 2.76. The van der Waals surface area contributed by atoms with Gasteiger partial charge in [0.15, 0.2) is 0 Å². The number of aromatic nitrogens is 2. The first kappa shape index (κ1) is 17.7. The van der Waals surface area contributed by atoms with Crippen LogP contribution in [0.15, 0.2) is 95.9 Å². The van der Waals surface area contributed by atoms with Gasteiger partial charge in [-0.2, -0.15) is 0 Å². The zero-order valence-corrected chi connectivity index (χ0v) is 16.7. The molecule has 4 heteroatoms. The standard InChI is InChI=1S/C27H18N2O2/c30-27-22-11-5-4-10-20(22)25-26-21(14-15-28-25)23-17-19(12-13-24(23)29(26)27)31-16-6-9-18-7-2-1-3-8-18/h1-15,17H,16H2/b9-6+. The largest absolute Gasteiger partial charge is 0.490 e. The van der Waals surface area contributed by atoms with Crippen LogP contribution in [0.25, 0.3) is 44.2 Å². The van der Waals surface area contributed by atoms with E-state index >= 15 is 0 Å². The molecule has 0 atom stereocenters. The molecule has 0 aliphatic heterocycles. The van der Waals surface area contributed by atoms with E-state index in [0.717, 1.165) is 44.0 Å². The highest BCUT2D eigenvalue weighted by Crippen LogP contribution is 2.34. The maximum atomic E-state index is 13.3. The molecule has 6 aromatic rings. The minimum atomic E-state index is -0.0180. The summed E-state index contributed by atoms with van der Waals surface area (Å²) in [6.45, 7) is 0.468. The SMILES string of the molecule is O=c1c2ccccc2c2nccc3c4cc(OC/C=C/c5ccccc5)ccc4n1c32. The van der Waals surface area contributed by atoms with Gasteiger partial charge in [-0.05, 0) is 42.0 Å². The summed E-state index contributed by atoms with van der Waals surface area (Å²) in [5.74, 6) is 0.770. The Balaban J connectivity index is 1.47. The maximum Gasteiger partial charge on any atom is 0.263 e. The molecule has 6 rings (SSSR count). The Morgan fingerprint density at radius 3 is 2.52 bits per heavy atom. The van der Waals surface area contributed by atoms with Gasteiger partial charge < -0.3 is 4.74 Å². The lowest BCUT2D eigenvalue weighted by molar-refractivity contribution is 0.364. The number of hydrogen-bond acceptors (Lipinski definition) is 3. The number of benzene rings is 3. The second-order valence-electron chi connectivity index (χ2n) is 7.54. The molecular weight excluding hydrogens is 384 g/mol. The molecule has 0 radical (unpaired) electrons. The highest BCUT2D eigenvalue weighted by Gasteiger charge is 2.17. The highest BCUT2D eigenvalue weighted by atomic mass is 16.5. The molecule has 0 bridgehead atoms. The van der Waals surface area contributed by atoms with Crippen molar-refractivity contribution in [3.63, 3.8) is 0 Å². The molecule has 0 fully saturated rings. The molecular formula is C27H18N2O2. The number of rotatable bonds is 4. The molecule has 0 aliphatic carbocycles. The molecule has 0 unspecified atom stereocenters. The summed E-state index contributed by atoms with van der Waals surface area (Å²) in [5.41, 5.74) is 3.70. The molecule has 3 aromatic heterocycles. The van der Waals surface area contributed by atoms with E-state index in [2.05, 4.69) is 17.1 Å². The first-order valence-corrected chi connectivity index (χ1v) is 10.2. The van der Waals surface area contributed by atoms with Crippen LogP contribution in [-0.2, 0) is 0 Å². The lowest BCUT2D eigenvalue weighted by Crippen LogP contribution is -2.13. The molecule has 3 aromatic carbocycles. The molecule has 0 saturated heterocycles. The van der Waals surface area contributed by atoms with Crippen LogP contribution in [-0.4, -0.2) is 16.0 Å². The van der Waals surface area contributed by atoms with Crippen LogP contribution in [0.4, 0.5) is 0 Å². The van der Waals surface area contributed by atoms with Crippen molar-refractivity contribution in [2.24, 2.45) is 0 Å². The number of nitrogens with zero attached hydrogens (tertiary/aromatic N) is 2. The third-order valence-corrected chi connectivity index (χ3v) is 5.72. The molecule has 31 heavy (non-hydrogen) atoms.